The number of nitrogens with zero attached hydrogens (tertiary/aromatic N) is 5. The van der Waals surface area contributed by atoms with Crippen LogP contribution in [0.5, 0.6) is 0 Å². The number of fused-ring (bicyclic) bond motifs is 2. The summed E-state index contributed by atoms with van der Waals surface area (Å²) in [5.41, 5.74) is 2.39. The highest BCUT2D eigenvalue weighted by atomic mass is 79.9. The number of aromatic nitrogens is 3. The highest BCUT2D eigenvalue weighted by Crippen LogP contribution is 2.60. The molecule has 2 N–H and O–H groups in total. The minimum Gasteiger partial charge on any atom is -0.447 e. The first kappa shape index (κ1) is 29.9. The maximum atomic E-state index is 14.7. The van der Waals surface area contributed by atoms with Gasteiger partial charge in [-0.1, -0.05) is 40.2 Å². The van der Waals surface area contributed by atoms with Crippen LogP contribution in [0.15, 0.2) is 53.1 Å². The fraction of sp³-hybridized carbons (Fsp3) is 0.467. The van der Waals surface area contributed by atoms with Crippen LogP contribution in [0.1, 0.15) is 30.2 Å². The number of rotatable bonds is 9. The Hall–Kier alpha value is -3.10. The molecule has 0 aliphatic carbocycles. The van der Waals surface area contributed by atoms with E-state index in [-0.39, 0.29) is 36.2 Å². The lowest BCUT2D eigenvalue weighted by Crippen LogP contribution is -2.46. The summed E-state index contributed by atoms with van der Waals surface area (Å²) in [4.78, 5) is 41.7. The molecular weight excluding hydrogens is 634 g/mol. The van der Waals surface area contributed by atoms with Gasteiger partial charge in [-0.25, -0.2) is 4.79 Å². The van der Waals surface area contributed by atoms with Gasteiger partial charge in [0.1, 0.15) is 6.61 Å². The predicted molar refractivity (Wildman–Crippen MR) is 165 cm³/mol. The van der Waals surface area contributed by atoms with Crippen molar-refractivity contribution < 1.29 is 29.0 Å². The molecule has 13 heteroatoms. The minimum atomic E-state index is -2.81. The van der Waals surface area contributed by atoms with E-state index in [1.807, 2.05) is 68.7 Å². The van der Waals surface area contributed by atoms with E-state index in [1.165, 1.54) is 0 Å². The van der Waals surface area contributed by atoms with Gasteiger partial charge in [0.15, 0.2) is 13.9 Å². The molecule has 2 fully saturated rings. The fourth-order valence-electron chi connectivity index (χ4n) is 7.05. The average Bonchev–Trinajstić information content (AvgIpc) is 3.71. The van der Waals surface area contributed by atoms with E-state index in [2.05, 4.69) is 26.2 Å². The van der Waals surface area contributed by atoms with E-state index in [9.17, 15) is 19.5 Å². The van der Waals surface area contributed by atoms with Crippen LogP contribution in [0.3, 0.4) is 0 Å². The predicted octanol–water partition coefficient (Wildman–Crippen LogP) is 3.97. The number of hydrogen-bond donors (Lipinski definition) is 2. The van der Waals surface area contributed by atoms with Crippen LogP contribution in [0.2, 0.25) is 18.6 Å². The van der Waals surface area contributed by atoms with Crippen molar-refractivity contribution in [3.8, 4) is 0 Å². The van der Waals surface area contributed by atoms with E-state index < -0.39 is 13.9 Å². The molecule has 2 aromatic carbocycles. The number of ether oxygens (including phenoxy) is 2. The monoisotopic (exact) mass is 669 g/mol. The molecule has 3 aromatic rings. The van der Waals surface area contributed by atoms with Gasteiger partial charge in [0.05, 0.1) is 30.6 Å². The van der Waals surface area contributed by atoms with Crippen molar-refractivity contribution in [1.29, 1.82) is 0 Å². The van der Waals surface area contributed by atoms with E-state index >= 15 is 0 Å². The Bertz CT molecular complexity index is 1550. The van der Waals surface area contributed by atoms with Gasteiger partial charge in [0.25, 0.3) is 5.91 Å². The maximum Gasteiger partial charge on any atom is 0.414 e. The Labute approximate surface area is 259 Å². The molecule has 2 saturated heterocycles. The second-order valence-electron chi connectivity index (χ2n) is 12.1. The highest BCUT2D eigenvalue weighted by Gasteiger charge is 2.66. The molecule has 11 nitrogen and oxygen atoms in total. The Morgan fingerprint density at radius 2 is 2.00 bits per heavy atom. The number of amides is 2. The fourth-order valence-corrected chi connectivity index (χ4v) is 10.0. The number of anilines is 2. The zero-order valence-corrected chi connectivity index (χ0v) is 27.0. The summed E-state index contributed by atoms with van der Waals surface area (Å²) >= 11 is 3.61. The van der Waals surface area contributed by atoms with Gasteiger partial charge in [-0.3, -0.25) is 14.4 Å². The van der Waals surface area contributed by atoms with E-state index in [0.29, 0.717) is 44.8 Å². The number of carbonyl (C=O) groups excluding carboxylic acids is 2. The van der Waals surface area contributed by atoms with Crippen LogP contribution in [0.4, 0.5) is 16.2 Å². The SMILES string of the molecule is C[C@@H]1[C@@H]([Si](C)(C)O)[C@H](CCn2cc(CCO)nn2)O[C@@]12C(=O)N(Cc1cccc(N3CCOC3=O)c1)c1ccc(Br)cc12. The third-order valence-electron chi connectivity index (χ3n) is 8.87. The molecule has 1 aromatic heterocycles. The lowest BCUT2D eigenvalue weighted by atomic mass is 9.82. The maximum absolute atomic E-state index is 14.7. The average molecular weight is 671 g/mol. The smallest absolute Gasteiger partial charge is 0.414 e. The minimum absolute atomic E-state index is 0.000486. The molecule has 228 valence electrons. The molecule has 6 rings (SSSR count). The molecule has 4 atom stereocenters. The van der Waals surface area contributed by atoms with Gasteiger partial charge in [0, 0.05) is 53.0 Å². The standard InChI is InChI=1S/C30H36BrN5O6Si/c1-19-27(43(2,3)40)26(9-11-34-18-22(10-13-37)32-33-34)42-30(19)24-16-21(31)7-8-25(24)36(28(30)38)17-20-5-4-6-23(15-20)35-12-14-41-29(35)39/h4-8,15-16,18-19,26-27,37,40H,9-14,17H2,1-3H3/t19-,26+,27-,30+/m1/s1. The van der Waals surface area contributed by atoms with Gasteiger partial charge in [-0.2, -0.15) is 0 Å². The number of halogens is 1. The number of cyclic esters (lactones) is 1. The van der Waals surface area contributed by atoms with Crippen molar-refractivity contribution in [3.05, 3.63) is 70.0 Å². The first-order valence-corrected chi connectivity index (χ1v) is 18.4. The molecule has 2 amide bonds. The molecule has 4 heterocycles. The van der Waals surface area contributed by atoms with Crippen LogP contribution < -0.4 is 9.80 Å². The number of benzene rings is 2. The topological polar surface area (TPSA) is 130 Å². The summed E-state index contributed by atoms with van der Waals surface area (Å²) in [6.07, 6.45) is 2.03. The van der Waals surface area contributed by atoms with Crippen molar-refractivity contribution in [2.75, 3.05) is 29.6 Å². The van der Waals surface area contributed by atoms with Crippen LogP contribution in [0.25, 0.3) is 0 Å². The summed E-state index contributed by atoms with van der Waals surface area (Å²) in [6.45, 7) is 7.47. The van der Waals surface area contributed by atoms with Crippen molar-refractivity contribution in [2.24, 2.45) is 5.92 Å². The van der Waals surface area contributed by atoms with Crippen LogP contribution in [-0.2, 0) is 39.4 Å². The van der Waals surface area contributed by atoms with Crippen LogP contribution in [-0.4, -0.2) is 71.1 Å². The van der Waals surface area contributed by atoms with E-state index in [1.54, 1.807) is 14.5 Å². The van der Waals surface area contributed by atoms with Crippen molar-refractivity contribution in [3.63, 3.8) is 0 Å². The third-order valence-corrected chi connectivity index (χ3v) is 11.9. The van der Waals surface area contributed by atoms with E-state index in [0.717, 1.165) is 27.0 Å². The molecule has 3 aliphatic rings. The van der Waals surface area contributed by atoms with Gasteiger partial charge in [-0.05, 0) is 55.4 Å². The molecule has 3 aliphatic heterocycles. The third kappa shape index (κ3) is 5.31. The normalized spacial score (nSPS) is 25.2. The van der Waals surface area contributed by atoms with Crippen molar-refractivity contribution >= 4 is 47.6 Å². The number of aliphatic hydroxyl groups is 1. The zero-order valence-electron chi connectivity index (χ0n) is 24.4. The summed E-state index contributed by atoms with van der Waals surface area (Å²) in [6, 6.07) is 13.4. The van der Waals surface area contributed by atoms with Gasteiger partial charge >= 0.3 is 6.09 Å². The second-order valence-corrected chi connectivity index (χ2v) is 17.0. The Morgan fingerprint density at radius 3 is 2.72 bits per heavy atom. The number of hydrogen-bond acceptors (Lipinski definition) is 8. The summed E-state index contributed by atoms with van der Waals surface area (Å²) in [5.74, 6) is -0.447. The molecule has 43 heavy (non-hydrogen) atoms. The summed E-state index contributed by atoms with van der Waals surface area (Å²) < 4.78 is 14.6. The van der Waals surface area contributed by atoms with Gasteiger partial charge in [0.2, 0.25) is 0 Å². The molecule has 0 radical (unpaired) electrons. The molecule has 0 saturated carbocycles. The van der Waals surface area contributed by atoms with Gasteiger partial charge < -0.3 is 24.3 Å². The zero-order chi connectivity index (χ0) is 30.5. The molecule has 0 bridgehead atoms. The largest absolute Gasteiger partial charge is 0.447 e. The lowest BCUT2D eigenvalue weighted by molar-refractivity contribution is -0.146. The number of carbonyl (C=O) groups is 2. The Balaban J connectivity index is 1.33. The Morgan fingerprint density at radius 1 is 1.19 bits per heavy atom. The second kappa shape index (κ2) is 11.4. The quantitative estimate of drug-likeness (QED) is 0.328. The van der Waals surface area contributed by atoms with E-state index in [4.69, 9.17) is 9.47 Å². The highest BCUT2D eigenvalue weighted by molar-refractivity contribution is 9.10. The number of aryl methyl sites for hydroxylation is 1. The number of aliphatic hydroxyl groups excluding tert-OH is 1. The molecule has 1 spiro atoms. The van der Waals surface area contributed by atoms with Crippen molar-refractivity contribution in [2.45, 2.75) is 63.2 Å². The Kier molecular flexibility index (Phi) is 7.96. The first-order valence-electron chi connectivity index (χ1n) is 14.6. The summed E-state index contributed by atoms with van der Waals surface area (Å²) in [5, 5.41) is 17.5. The van der Waals surface area contributed by atoms with Crippen LogP contribution >= 0.6 is 15.9 Å². The first-order chi connectivity index (χ1) is 20.5. The molecule has 0 unspecified atom stereocenters. The van der Waals surface area contributed by atoms with Crippen LogP contribution in [0, 0.1) is 5.92 Å². The lowest BCUT2D eigenvalue weighted by Gasteiger charge is -2.32. The molecular formula is C30H36BrN5O6Si. The van der Waals surface area contributed by atoms with Crippen molar-refractivity contribution in [1.82, 2.24) is 15.0 Å². The summed E-state index contributed by atoms with van der Waals surface area (Å²) in [7, 11) is -2.81. The van der Waals surface area contributed by atoms with Gasteiger partial charge in [-0.15, -0.1) is 5.10 Å².